The van der Waals surface area contributed by atoms with Crippen LogP contribution < -0.4 is 10.6 Å². The Morgan fingerprint density at radius 3 is 2.71 bits per heavy atom. The molecule has 182 valence electrons. The zero-order valence-corrected chi connectivity index (χ0v) is 20.7. The fourth-order valence-electron chi connectivity index (χ4n) is 4.60. The fourth-order valence-corrected chi connectivity index (χ4v) is 4.60. The Bertz CT molecular complexity index is 1080. The zero-order chi connectivity index (χ0) is 24.5. The Kier molecular flexibility index (Phi) is 6.81. The van der Waals surface area contributed by atoms with Crippen LogP contribution in [0.4, 0.5) is 5.69 Å². The molecule has 0 radical (unpaired) electrons. The number of rotatable bonds is 7. The monoisotopic (exact) mass is 465 g/mol. The highest BCUT2D eigenvalue weighted by Crippen LogP contribution is 2.44. The standard InChI is InChI=1S/C25H35N7O2/c1-6-15(2)22(24(34)26-14-21-29-31-32(30-21)25(3,4)5)28-23(33)16-11-12-20-18(13-16)17-9-7-8-10-19(17)27-20/h7-10,15-16,18,22H,6,11-14H2,1-5H3,(H,26,34)(H,28,33)/t15?,16?,18?,22-/m0/s1. The molecule has 1 aromatic carbocycles. The Balaban J connectivity index is 1.38. The molecule has 1 aliphatic carbocycles. The predicted octanol–water partition coefficient (Wildman–Crippen LogP) is 3.25. The van der Waals surface area contributed by atoms with Gasteiger partial charge in [0.1, 0.15) is 6.04 Å². The Morgan fingerprint density at radius 2 is 2.00 bits per heavy atom. The summed E-state index contributed by atoms with van der Waals surface area (Å²) in [5.74, 6) is 0.224. The van der Waals surface area contributed by atoms with Crippen LogP contribution in [0.3, 0.4) is 0 Å². The summed E-state index contributed by atoms with van der Waals surface area (Å²) in [5.41, 5.74) is 3.13. The first-order valence-electron chi connectivity index (χ1n) is 12.2. The first-order valence-corrected chi connectivity index (χ1v) is 12.2. The molecule has 0 bridgehead atoms. The van der Waals surface area contributed by atoms with Crippen molar-refractivity contribution in [2.45, 2.75) is 84.3 Å². The summed E-state index contributed by atoms with van der Waals surface area (Å²) in [4.78, 5) is 32.6. The SMILES string of the molecule is CCC(C)[C@H](NC(=O)C1CCC2=Nc3ccccc3C2C1)C(=O)NCc1nnn(C(C)(C)C)n1. The van der Waals surface area contributed by atoms with Gasteiger partial charge in [0.15, 0.2) is 5.82 Å². The quantitative estimate of drug-likeness (QED) is 0.652. The third kappa shape index (κ3) is 5.03. The van der Waals surface area contributed by atoms with Gasteiger partial charge in [-0.1, -0.05) is 38.5 Å². The lowest BCUT2D eigenvalue weighted by molar-refractivity contribution is -0.132. The van der Waals surface area contributed by atoms with Crippen LogP contribution >= 0.6 is 0 Å². The van der Waals surface area contributed by atoms with Gasteiger partial charge in [-0.2, -0.15) is 4.80 Å². The molecule has 2 N–H and O–H groups in total. The largest absolute Gasteiger partial charge is 0.347 e. The smallest absolute Gasteiger partial charge is 0.243 e. The summed E-state index contributed by atoms with van der Waals surface area (Å²) >= 11 is 0. The molecule has 1 fully saturated rings. The summed E-state index contributed by atoms with van der Waals surface area (Å²) in [6, 6.07) is 7.56. The molecule has 0 spiro atoms. The molecule has 9 heteroatoms. The van der Waals surface area contributed by atoms with Crippen LogP contribution in [-0.4, -0.2) is 43.8 Å². The van der Waals surface area contributed by atoms with Crippen molar-refractivity contribution in [3.05, 3.63) is 35.7 Å². The average molecular weight is 466 g/mol. The number of aliphatic imine (C=N–C) groups is 1. The Morgan fingerprint density at radius 1 is 1.24 bits per heavy atom. The number of hydrogen-bond donors (Lipinski definition) is 2. The van der Waals surface area contributed by atoms with Crippen LogP contribution in [0.25, 0.3) is 0 Å². The third-order valence-corrected chi connectivity index (χ3v) is 6.89. The highest BCUT2D eigenvalue weighted by Gasteiger charge is 2.37. The highest BCUT2D eigenvalue weighted by molar-refractivity contribution is 6.00. The highest BCUT2D eigenvalue weighted by atomic mass is 16.2. The summed E-state index contributed by atoms with van der Waals surface area (Å²) in [6.45, 7) is 10.1. The number of aromatic nitrogens is 4. The van der Waals surface area contributed by atoms with Crippen molar-refractivity contribution >= 4 is 23.2 Å². The third-order valence-electron chi connectivity index (χ3n) is 6.89. The topological polar surface area (TPSA) is 114 Å². The summed E-state index contributed by atoms with van der Waals surface area (Å²) < 4.78 is 0. The number of tetrazole rings is 1. The van der Waals surface area contributed by atoms with E-state index in [9.17, 15) is 9.59 Å². The van der Waals surface area contributed by atoms with E-state index in [1.807, 2.05) is 52.8 Å². The van der Waals surface area contributed by atoms with Gasteiger partial charge in [-0.05, 0) is 62.8 Å². The van der Waals surface area contributed by atoms with E-state index in [1.54, 1.807) is 0 Å². The van der Waals surface area contributed by atoms with Crippen LogP contribution in [0.5, 0.6) is 0 Å². The number of nitrogens with one attached hydrogen (secondary N) is 2. The van der Waals surface area contributed by atoms with E-state index < -0.39 is 6.04 Å². The molecule has 1 aromatic heterocycles. The van der Waals surface area contributed by atoms with E-state index in [2.05, 4.69) is 32.1 Å². The number of nitrogens with zero attached hydrogens (tertiary/aromatic N) is 5. The first-order chi connectivity index (χ1) is 16.2. The van der Waals surface area contributed by atoms with Gasteiger partial charge >= 0.3 is 0 Å². The second-order valence-electron chi connectivity index (χ2n) is 10.4. The number of hydrogen-bond acceptors (Lipinski definition) is 6. The molecule has 34 heavy (non-hydrogen) atoms. The van der Waals surface area contributed by atoms with Gasteiger partial charge in [0.25, 0.3) is 0 Å². The number of para-hydroxylation sites is 1. The molecule has 9 nitrogen and oxygen atoms in total. The lowest BCUT2D eigenvalue weighted by Crippen LogP contribution is -2.52. The van der Waals surface area contributed by atoms with Crippen LogP contribution in [0, 0.1) is 11.8 Å². The molecule has 1 aliphatic heterocycles. The lowest BCUT2D eigenvalue weighted by atomic mass is 9.77. The fraction of sp³-hybridized carbons (Fsp3) is 0.600. The minimum absolute atomic E-state index is 0.00455. The van der Waals surface area contributed by atoms with Crippen molar-refractivity contribution in [3.8, 4) is 0 Å². The Hall–Kier alpha value is -3.10. The molecule has 2 aromatic rings. The molecular weight excluding hydrogens is 430 g/mol. The zero-order valence-electron chi connectivity index (χ0n) is 20.7. The van der Waals surface area contributed by atoms with Gasteiger partial charge in [0.05, 0.1) is 17.8 Å². The Labute approximate surface area is 200 Å². The van der Waals surface area contributed by atoms with Crippen LogP contribution in [-0.2, 0) is 21.7 Å². The normalized spacial score (nSPS) is 21.1. The van der Waals surface area contributed by atoms with E-state index >= 15 is 0 Å². The van der Waals surface area contributed by atoms with Gasteiger partial charge in [0, 0.05) is 17.5 Å². The van der Waals surface area contributed by atoms with E-state index in [1.165, 1.54) is 16.1 Å². The minimum atomic E-state index is -0.610. The van der Waals surface area contributed by atoms with Gasteiger partial charge in [-0.25, -0.2) is 0 Å². The molecule has 1 saturated carbocycles. The average Bonchev–Trinajstić information content (AvgIpc) is 3.44. The summed E-state index contributed by atoms with van der Waals surface area (Å²) in [7, 11) is 0. The molecule has 0 saturated heterocycles. The van der Waals surface area contributed by atoms with Gasteiger partial charge in [0.2, 0.25) is 11.8 Å². The van der Waals surface area contributed by atoms with Gasteiger partial charge < -0.3 is 10.6 Å². The summed E-state index contributed by atoms with van der Waals surface area (Å²) in [5, 5.41) is 18.4. The molecular formula is C25H35N7O2. The number of carbonyl (C=O) groups is 2. The second-order valence-corrected chi connectivity index (χ2v) is 10.4. The van der Waals surface area contributed by atoms with E-state index in [-0.39, 0.29) is 41.7 Å². The predicted molar refractivity (Wildman–Crippen MR) is 130 cm³/mol. The van der Waals surface area contributed by atoms with Crippen molar-refractivity contribution in [2.24, 2.45) is 16.8 Å². The molecule has 2 aliphatic rings. The van der Waals surface area contributed by atoms with E-state index in [0.29, 0.717) is 5.82 Å². The number of amides is 2. The maximum atomic E-state index is 13.3. The van der Waals surface area contributed by atoms with E-state index in [4.69, 9.17) is 4.99 Å². The number of carbonyl (C=O) groups excluding carboxylic acids is 2. The molecule has 4 rings (SSSR count). The second kappa shape index (κ2) is 9.64. The maximum absolute atomic E-state index is 13.3. The van der Waals surface area contributed by atoms with E-state index in [0.717, 1.165) is 31.4 Å². The molecule has 4 atom stereocenters. The minimum Gasteiger partial charge on any atom is -0.347 e. The number of fused-ring (bicyclic) bond motifs is 3. The van der Waals surface area contributed by atoms with Gasteiger partial charge in [-0.15, -0.1) is 10.2 Å². The first kappa shape index (κ1) is 24.0. The lowest BCUT2D eigenvalue weighted by Gasteiger charge is -2.30. The van der Waals surface area contributed by atoms with Crippen molar-refractivity contribution < 1.29 is 9.59 Å². The van der Waals surface area contributed by atoms with Crippen molar-refractivity contribution in [1.29, 1.82) is 0 Å². The molecule has 3 unspecified atom stereocenters. The van der Waals surface area contributed by atoms with Crippen molar-refractivity contribution in [2.75, 3.05) is 0 Å². The van der Waals surface area contributed by atoms with Crippen LogP contribution in [0.1, 0.15) is 77.6 Å². The van der Waals surface area contributed by atoms with Crippen LogP contribution in [0.2, 0.25) is 0 Å². The summed E-state index contributed by atoms with van der Waals surface area (Å²) in [6.07, 6.45) is 3.07. The van der Waals surface area contributed by atoms with Gasteiger partial charge in [-0.3, -0.25) is 14.6 Å². The van der Waals surface area contributed by atoms with Crippen molar-refractivity contribution in [1.82, 2.24) is 30.8 Å². The number of benzene rings is 1. The maximum Gasteiger partial charge on any atom is 0.243 e. The van der Waals surface area contributed by atoms with Crippen molar-refractivity contribution in [3.63, 3.8) is 0 Å². The van der Waals surface area contributed by atoms with Crippen LogP contribution in [0.15, 0.2) is 29.3 Å². The molecule has 2 amide bonds. The molecule has 2 heterocycles.